The van der Waals surface area contributed by atoms with Crippen LogP contribution in [0.4, 0.5) is 4.79 Å². The minimum absolute atomic E-state index is 0.0698. The molecule has 1 fully saturated rings. The van der Waals surface area contributed by atoms with E-state index in [1.54, 1.807) is 6.07 Å². The molecule has 1 aliphatic rings. The number of urea groups is 1. The second-order valence-electron chi connectivity index (χ2n) is 4.53. The maximum absolute atomic E-state index is 11.7. The van der Waals surface area contributed by atoms with Crippen LogP contribution in [0.25, 0.3) is 0 Å². The van der Waals surface area contributed by atoms with Crippen LogP contribution in [0.2, 0.25) is 0 Å². The number of phenols is 1. The minimum atomic E-state index is -0.855. The number of halogens is 1. The summed E-state index contributed by atoms with van der Waals surface area (Å²) in [6.07, 6.45) is 1.80. The highest BCUT2D eigenvalue weighted by atomic mass is 79.9. The normalized spacial score (nSPS) is 13.4. The monoisotopic (exact) mass is 356 g/mol. The van der Waals surface area contributed by atoms with Crippen LogP contribution in [-0.2, 0) is 9.53 Å². The summed E-state index contributed by atoms with van der Waals surface area (Å²) >= 11 is 3.16. The number of hydrogen-bond donors (Lipinski definition) is 3. The van der Waals surface area contributed by atoms with E-state index in [9.17, 15) is 19.5 Å². The molecule has 0 radical (unpaired) electrons. The molecule has 112 valence electrons. The molecule has 0 saturated heterocycles. The molecule has 1 saturated carbocycles. The van der Waals surface area contributed by atoms with Crippen LogP contribution < -0.4 is 10.6 Å². The molecule has 0 bridgehead atoms. The molecule has 1 aromatic carbocycles. The molecular weight excluding hydrogens is 344 g/mol. The summed E-state index contributed by atoms with van der Waals surface area (Å²) in [4.78, 5) is 34.4. The second kappa shape index (κ2) is 6.57. The quantitative estimate of drug-likeness (QED) is 0.705. The molecule has 0 atom stereocenters. The number of aromatic hydroxyl groups is 1. The van der Waals surface area contributed by atoms with Crippen molar-refractivity contribution in [2.75, 3.05) is 6.61 Å². The number of carbonyl (C=O) groups is 3. The van der Waals surface area contributed by atoms with Gasteiger partial charge in [-0.05, 0) is 31.0 Å². The Morgan fingerprint density at radius 1 is 1.33 bits per heavy atom. The highest BCUT2D eigenvalue weighted by molar-refractivity contribution is 9.10. The number of rotatable bonds is 4. The van der Waals surface area contributed by atoms with Crippen LogP contribution in [0.3, 0.4) is 0 Å². The van der Waals surface area contributed by atoms with Gasteiger partial charge in [0.2, 0.25) is 0 Å². The highest BCUT2D eigenvalue weighted by Crippen LogP contribution is 2.22. The van der Waals surface area contributed by atoms with E-state index >= 15 is 0 Å². The van der Waals surface area contributed by atoms with E-state index in [-0.39, 0.29) is 17.4 Å². The van der Waals surface area contributed by atoms with Crippen LogP contribution in [0.1, 0.15) is 23.2 Å². The zero-order valence-electron chi connectivity index (χ0n) is 10.9. The topological polar surface area (TPSA) is 105 Å². The van der Waals surface area contributed by atoms with Gasteiger partial charge in [-0.2, -0.15) is 0 Å². The van der Waals surface area contributed by atoms with Crippen LogP contribution >= 0.6 is 15.9 Å². The van der Waals surface area contributed by atoms with E-state index in [4.69, 9.17) is 4.74 Å². The standard InChI is InChI=1S/C13H13BrN2O5/c14-7-1-4-10(17)9(5-7)12(19)21-6-11(18)16-13(20)15-8-2-3-8/h1,4-5,8,17H,2-3,6H2,(H2,15,16,18,20). The van der Waals surface area contributed by atoms with Gasteiger partial charge in [0.1, 0.15) is 11.3 Å². The Hall–Kier alpha value is -2.09. The predicted octanol–water partition coefficient (Wildman–Crippen LogP) is 1.30. The lowest BCUT2D eigenvalue weighted by atomic mass is 10.2. The van der Waals surface area contributed by atoms with Crippen molar-refractivity contribution in [1.82, 2.24) is 10.6 Å². The summed E-state index contributed by atoms with van der Waals surface area (Å²) in [6.45, 7) is -0.608. The number of phenolic OH excluding ortho intramolecular Hbond substituents is 1. The first kappa shape index (κ1) is 15.3. The maximum Gasteiger partial charge on any atom is 0.342 e. The van der Waals surface area contributed by atoms with Gasteiger partial charge in [-0.15, -0.1) is 0 Å². The third kappa shape index (κ3) is 4.75. The Morgan fingerprint density at radius 3 is 2.71 bits per heavy atom. The van der Waals surface area contributed by atoms with E-state index in [1.165, 1.54) is 12.1 Å². The summed E-state index contributed by atoms with van der Waals surface area (Å²) in [5.41, 5.74) is -0.0698. The maximum atomic E-state index is 11.7. The van der Waals surface area contributed by atoms with Gasteiger partial charge >= 0.3 is 12.0 Å². The number of imide groups is 1. The van der Waals surface area contributed by atoms with Gasteiger partial charge in [-0.3, -0.25) is 10.1 Å². The molecular formula is C13H13BrN2O5. The minimum Gasteiger partial charge on any atom is -0.507 e. The Labute approximate surface area is 128 Å². The van der Waals surface area contributed by atoms with Crippen molar-refractivity contribution in [3.05, 3.63) is 28.2 Å². The van der Waals surface area contributed by atoms with E-state index in [0.29, 0.717) is 4.47 Å². The number of amides is 3. The van der Waals surface area contributed by atoms with Crippen LogP contribution in [0, 0.1) is 0 Å². The van der Waals surface area contributed by atoms with E-state index in [2.05, 4.69) is 21.2 Å². The van der Waals surface area contributed by atoms with Crippen molar-refractivity contribution >= 4 is 33.8 Å². The fourth-order valence-electron chi connectivity index (χ4n) is 1.49. The van der Waals surface area contributed by atoms with Gasteiger partial charge < -0.3 is 15.2 Å². The average Bonchev–Trinajstić information content (AvgIpc) is 3.22. The summed E-state index contributed by atoms with van der Waals surface area (Å²) in [6, 6.07) is 3.77. The Balaban J connectivity index is 1.81. The second-order valence-corrected chi connectivity index (χ2v) is 5.45. The number of hydrogen-bond acceptors (Lipinski definition) is 5. The third-order valence-corrected chi connectivity index (χ3v) is 3.17. The van der Waals surface area contributed by atoms with Gasteiger partial charge in [-0.25, -0.2) is 9.59 Å². The van der Waals surface area contributed by atoms with Crippen molar-refractivity contribution in [2.45, 2.75) is 18.9 Å². The van der Waals surface area contributed by atoms with Crippen molar-refractivity contribution in [2.24, 2.45) is 0 Å². The summed E-state index contributed by atoms with van der Waals surface area (Å²) in [5.74, 6) is -1.85. The van der Waals surface area contributed by atoms with Crippen LogP contribution in [0.5, 0.6) is 5.75 Å². The summed E-state index contributed by atoms with van der Waals surface area (Å²) in [7, 11) is 0. The molecule has 1 aromatic rings. The molecule has 0 unspecified atom stereocenters. The largest absolute Gasteiger partial charge is 0.507 e. The fraction of sp³-hybridized carbons (Fsp3) is 0.308. The fourth-order valence-corrected chi connectivity index (χ4v) is 1.85. The molecule has 3 amide bonds. The van der Waals surface area contributed by atoms with Crippen molar-refractivity contribution in [1.29, 1.82) is 0 Å². The molecule has 3 N–H and O–H groups in total. The van der Waals surface area contributed by atoms with Gasteiger partial charge in [0.15, 0.2) is 6.61 Å². The third-order valence-electron chi connectivity index (χ3n) is 2.68. The van der Waals surface area contributed by atoms with E-state index in [1.807, 2.05) is 5.32 Å². The molecule has 0 spiro atoms. The smallest absolute Gasteiger partial charge is 0.342 e. The van der Waals surface area contributed by atoms with Gasteiger partial charge in [0.25, 0.3) is 5.91 Å². The van der Waals surface area contributed by atoms with Gasteiger partial charge in [0.05, 0.1) is 0 Å². The average molecular weight is 357 g/mol. The lowest BCUT2D eigenvalue weighted by molar-refractivity contribution is -0.123. The van der Waals surface area contributed by atoms with E-state index in [0.717, 1.165) is 12.8 Å². The van der Waals surface area contributed by atoms with Gasteiger partial charge in [0, 0.05) is 10.5 Å². The Bertz CT molecular complexity index is 586. The Kier molecular flexibility index (Phi) is 4.79. The number of benzene rings is 1. The van der Waals surface area contributed by atoms with Gasteiger partial charge in [-0.1, -0.05) is 15.9 Å². The molecule has 7 nitrogen and oxygen atoms in total. The molecule has 2 rings (SSSR count). The first-order valence-electron chi connectivity index (χ1n) is 6.21. The zero-order chi connectivity index (χ0) is 15.4. The SMILES string of the molecule is O=C(COC(=O)c1cc(Br)ccc1O)NC(=O)NC1CC1. The van der Waals surface area contributed by atoms with Crippen molar-refractivity contribution in [3.63, 3.8) is 0 Å². The number of esters is 1. The first-order chi connectivity index (χ1) is 9.95. The highest BCUT2D eigenvalue weighted by Gasteiger charge is 2.24. The lowest BCUT2D eigenvalue weighted by Crippen LogP contribution is -2.42. The first-order valence-corrected chi connectivity index (χ1v) is 7.01. The summed E-state index contributed by atoms with van der Waals surface area (Å²) in [5, 5.41) is 14.1. The summed E-state index contributed by atoms with van der Waals surface area (Å²) < 4.78 is 5.32. The van der Waals surface area contributed by atoms with Crippen LogP contribution in [-0.4, -0.2) is 35.7 Å². The van der Waals surface area contributed by atoms with Crippen molar-refractivity contribution in [3.8, 4) is 5.75 Å². The molecule has 0 heterocycles. The molecule has 8 heteroatoms. The molecule has 0 aliphatic heterocycles. The Morgan fingerprint density at radius 2 is 2.05 bits per heavy atom. The number of ether oxygens (including phenoxy) is 1. The zero-order valence-corrected chi connectivity index (χ0v) is 12.5. The predicted molar refractivity (Wildman–Crippen MR) is 75.8 cm³/mol. The van der Waals surface area contributed by atoms with E-state index < -0.39 is 24.5 Å². The molecule has 21 heavy (non-hydrogen) atoms. The lowest BCUT2D eigenvalue weighted by Gasteiger charge is -2.07. The molecule has 1 aliphatic carbocycles. The van der Waals surface area contributed by atoms with Crippen molar-refractivity contribution < 1.29 is 24.2 Å². The molecule has 0 aromatic heterocycles. The van der Waals surface area contributed by atoms with Crippen LogP contribution in [0.15, 0.2) is 22.7 Å². The number of carbonyl (C=O) groups excluding carboxylic acids is 3. The number of nitrogens with one attached hydrogen (secondary N) is 2.